The number of aromatic amines is 1. The molecule has 3 rings (SSSR count). The molecule has 0 amide bonds. The molecule has 3 nitrogen and oxygen atoms in total. The minimum atomic E-state index is -0.449. The monoisotopic (exact) mass is 288 g/mol. The summed E-state index contributed by atoms with van der Waals surface area (Å²) in [7, 11) is 0. The molecule has 0 aliphatic rings. The number of fused-ring (bicyclic) bond motifs is 1. The van der Waals surface area contributed by atoms with Crippen molar-refractivity contribution in [2.24, 2.45) is 0 Å². The molecule has 0 bridgehead atoms. The smallest absolute Gasteiger partial charge is 0.267 e. The Labute approximate surface area is 119 Å². The summed E-state index contributed by atoms with van der Waals surface area (Å²) in [6.45, 7) is 0. The Kier molecular flexibility index (Phi) is 3.24. The van der Waals surface area contributed by atoms with Crippen LogP contribution in [0.25, 0.3) is 10.8 Å². The minimum absolute atomic E-state index is 0.0798. The number of hydrogen-bond acceptors (Lipinski definition) is 2. The number of benzene rings is 2. The van der Waals surface area contributed by atoms with Crippen molar-refractivity contribution in [3.63, 3.8) is 0 Å². The largest absolute Gasteiger partial charge is 0.272 e. The van der Waals surface area contributed by atoms with Gasteiger partial charge >= 0.3 is 0 Å². The summed E-state index contributed by atoms with van der Waals surface area (Å²) in [6.07, 6.45) is 0.470. The molecular weight excluding hydrogens is 279 g/mol. The Morgan fingerprint density at radius 2 is 1.90 bits per heavy atom. The van der Waals surface area contributed by atoms with E-state index in [9.17, 15) is 9.18 Å². The topological polar surface area (TPSA) is 45.8 Å². The number of nitrogens with one attached hydrogen (secondary N) is 1. The van der Waals surface area contributed by atoms with E-state index >= 15 is 0 Å². The van der Waals surface area contributed by atoms with Crippen LogP contribution in [0, 0.1) is 5.82 Å². The van der Waals surface area contributed by atoms with Crippen LogP contribution in [0.4, 0.5) is 4.39 Å². The van der Waals surface area contributed by atoms with E-state index in [-0.39, 0.29) is 10.6 Å². The summed E-state index contributed by atoms with van der Waals surface area (Å²) >= 11 is 5.77. The number of aromatic nitrogens is 2. The number of hydrogen-bond donors (Lipinski definition) is 1. The van der Waals surface area contributed by atoms with Crippen molar-refractivity contribution in [1.82, 2.24) is 10.2 Å². The Hall–Kier alpha value is -2.20. The summed E-state index contributed by atoms with van der Waals surface area (Å²) < 4.78 is 13.1. The highest BCUT2D eigenvalue weighted by Crippen LogP contribution is 2.20. The van der Waals surface area contributed by atoms with Crippen LogP contribution in [0.15, 0.2) is 47.3 Å². The van der Waals surface area contributed by atoms with Crippen molar-refractivity contribution in [3.05, 3.63) is 74.9 Å². The lowest BCUT2D eigenvalue weighted by atomic mass is 10.0. The van der Waals surface area contributed by atoms with E-state index in [1.54, 1.807) is 24.3 Å². The van der Waals surface area contributed by atoms with Crippen molar-refractivity contribution in [3.8, 4) is 0 Å². The zero-order chi connectivity index (χ0) is 14.1. The highest BCUT2D eigenvalue weighted by atomic mass is 35.5. The van der Waals surface area contributed by atoms with Crippen LogP contribution in [-0.2, 0) is 6.42 Å². The summed E-state index contributed by atoms with van der Waals surface area (Å²) in [5, 5.41) is 8.01. The number of halogens is 2. The highest BCUT2D eigenvalue weighted by Gasteiger charge is 2.08. The quantitative estimate of drug-likeness (QED) is 0.786. The Balaban J connectivity index is 2.09. The zero-order valence-electron chi connectivity index (χ0n) is 10.4. The van der Waals surface area contributed by atoms with Gasteiger partial charge in [0.1, 0.15) is 5.82 Å². The summed E-state index contributed by atoms with van der Waals surface area (Å²) in [6, 6.07) is 11.8. The predicted molar refractivity (Wildman–Crippen MR) is 76.6 cm³/mol. The van der Waals surface area contributed by atoms with Crippen LogP contribution in [0.1, 0.15) is 11.3 Å². The third-order valence-electron chi connectivity index (χ3n) is 3.13. The number of nitrogens with zero attached hydrogens (tertiary/aromatic N) is 1. The van der Waals surface area contributed by atoms with Gasteiger partial charge in [0.2, 0.25) is 0 Å². The summed E-state index contributed by atoms with van der Waals surface area (Å²) in [4.78, 5) is 11.7. The molecule has 2 aromatic carbocycles. The molecule has 0 fully saturated rings. The molecule has 1 aromatic heterocycles. The molecule has 0 atom stereocenters. The fourth-order valence-electron chi connectivity index (χ4n) is 2.15. The van der Waals surface area contributed by atoms with Crippen molar-refractivity contribution in [1.29, 1.82) is 0 Å². The van der Waals surface area contributed by atoms with Gasteiger partial charge in [0.15, 0.2) is 0 Å². The maximum Gasteiger partial charge on any atom is 0.272 e. The first-order valence-electron chi connectivity index (χ1n) is 6.05. The lowest BCUT2D eigenvalue weighted by Gasteiger charge is -2.05. The van der Waals surface area contributed by atoms with E-state index in [4.69, 9.17) is 11.6 Å². The molecule has 20 heavy (non-hydrogen) atoms. The Morgan fingerprint density at radius 1 is 1.15 bits per heavy atom. The van der Waals surface area contributed by atoms with Crippen molar-refractivity contribution >= 4 is 22.4 Å². The molecule has 0 aliphatic heterocycles. The van der Waals surface area contributed by atoms with Crippen LogP contribution < -0.4 is 5.56 Å². The van der Waals surface area contributed by atoms with Crippen LogP contribution in [0.3, 0.4) is 0 Å². The van der Waals surface area contributed by atoms with Gasteiger partial charge in [-0.25, -0.2) is 9.49 Å². The van der Waals surface area contributed by atoms with Crippen LogP contribution in [-0.4, -0.2) is 10.2 Å². The second-order valence-electron chi connectivity index (χ2n) is 4.47. The van der Waals surface area contributed by atoms with E-state index in [1.807, 2.05) is 12.1 Å². The molecule has 5 heteroatoms. The average molecular weight is 289 g/mol. The first-order chi connectivity index (χ1) is 9.65. The van der Waals surface area contributed by atoms with Crippen LogP contribution in [0.2, 0.25) is 5.02 Å². The maximum atomic E-state index is 13.1. The third kappa shape index (κ3) is 2.30. The van der Waals surface area contributed by atoms with E-state index in [1.165, 1.54) is 6.07 Å². The van der Waals surface area contributed by atoms with E-state index in [2.05, 4.69) is 10.2 Å². The van der Waals surface area contributed by atoms with Crippen molar-refractivity contribution in [2.75, 3.05) is 0 Å². The van der Waals surface area contributed by atoms with Gasteiger partial charge < -0.3 is 0 Å². The fraction of sp³-hybridized carbons (Fsp3) is 0.0667. The first-order valence-corrected chi connectivity index (χ1v) is 6.43. The minimum Gasteiger partial charge on any atom is -0.267 e. The highest BCUT2D eigenvalue weighted by molar-refractivity contribution is 6.30. The Bertz CT molecular complexity index is 845. The van der Waals surface area contributed by atoms with E-state index < -0.39 is 5.82 Å². The molecule has 0 saturated carbocycles. The molecule has 0 spiro atoms. The molecule has 1 N–H and O–H groups in total. The molecule has 0 saturated heterocycles. The van der Waals surface area contributed by atoms with Crippen LogP contribution in [0.5, 0.6) is 0 Å². The Morgan fingerprint density at radius 3 is 2.65 bits per heavy atom. The zero-order valence-corrected chi connectivity index (χ0v) is 11.1. The lowest BCUT2D eigenvalue weighted by Crippen LogP contribution is -2.11. The van der Waals surface area contributed by atoms with Crippen LogP contribution >= 0.6 is 11.6 Å². The molecule has 0 aliphatic carbocycles. The fourth-order valence-corrected chi connectivity index (χ4v) is 2.35. The van der Waals surface area contributed by atoms with Gasteiger partial charge in [0, 0.05) is 11.8 Å². The predicted octanol–water partition coefficient (Wildman–Crippen LogP) is 3.31. The van der Waals surface area contributed by atoms with Gasteiger partial charge in [-0.05, 0) is 23.8 Å². The lowest BCUT2D eigenvalue weighted by molar-refractivity contribution is 0.627. The van der Waals surface area contributed by atoms with Gasteiger partial charge in [0.25, 0.3) is 5.56 Å². The van der Waals surface area contributed by atoms with Gasteiger partial charge in [-0.3, -0.25) is 4.79 Å². The standard InChI is InChI=1S/C15H10ClFN2O/c16-12-7-9(5-6-13(12)17)8-14-10-3-1-2-4-11(10)15(20)19-18-14/h1-7H,8H2,(H,19,20). The first kappa shape index (κ1) is 12.8. The second-order valence-corrected chi connectivity index (χ2v) is 4.88. The average Bonchev–Trinajstić information content (AvgIpc) is 2.46. The van der Waals surface area contributed by atoms with Gasteiger partial charge in [-0.1, -0.05) is 35.9 Å². The molecule has 3 aromatic rings. The molecule has 0 unspecified atom stereocenters. The number of rotatable bonds is 2. The van der Waals surface area contributed by atoms with Gasteiger partial charge in [-0.2, -0.15) is 5.10 Å². The van der Waals surface area contributed by atoms with E-state index in [0.717, 1.165) is 16.6 Å². The summed E-state index contributed by atoms with van der Waals surface area (Å²) in [5.41, 5.74) is 1.34. The molecule has 1 heterocycles. The van der Waals surface area contributed by atoms with Gasteiger partial charge in [-0.15, -0.1) is 0 Å². The summed E-state index contributed by atoms with van der Waals surface area (Å²) in [5.74, 6) is -0.449. The molecule has 100 valence electrons. The number of H-pyrrole nitrogens is 1. The third-order valence-corrected chi connectivity index (χ3v) is 3.42. The molecule has 0 radical (unpaired) electrons. The maximum absolute atomic E-state index is 13.1. The van der Waals surface area contributed by atoms with Gasteiger partial charge in [0.05, 0.1) is 16.1 Å². The normalized spacial score (nSPS) is 10.9. The SMILES string of the molecule is O=c1[nH]nc(Cc2ccc(F)c(Cl)c2)c2ccccc12. The molecular formula is C15H10ClFN2O. The van der Waals surface area contributed by atoms with Crippen molar-refractivity contribution in [2.45, 2.75) is 6.42 Å². The second kappa shape index (κ2) is 5.06. The van der Waals surface area contributed by atoms with E-state index in [0.29, 0.717) is 11.8 Å². The van der Waals surface area contributed by atoms with Crippen molar-refractivity contribution < 1.29 is 4.39 Å².